The van der Waals surface area contributed by atoms with Crippen LogP contribution >= 0.6 is 0 Å². The van der Waals surface area contributed by atoms with Crippen molar-refractivity contribution in [2.75, 3.05) is 44.4 Å². The van der Waals surface area contributed by atoms with Crippen LogP contribution in [0.3, 0.4) is 0 Å². The van der Waals surface area contributed by atoms with Crippen LogP contribution in [-0.4, -0.2) is 74.7 Å². The zero-order chi connectivity index (χ0) is 16.7. The number of fused-ring (bicyclic) bond motifs is 2. The fourth-order valence-corrected chi connectivity index (χ4v) is 6.15. The van der Waals surface area contributed by atoms with E-state index in [2.05, 4.69) is 22.8 Å². The maximum atomic E-state index is 12.2. The third-order valence-electron chi connectivity index (χ3n) is 5.30. The number of likely N-dealkylation sites (N-methyl/N-ethyl adjacent to an activating group) is 1. The Bertz CT molecular complexity index is 721. The maximum absolute atomic E-state index is 12.2. The van der Waals surface area contributed by atoms with Gasteiger partial charge in [-0.15, -0.1) is 0 Å². The molecule has 24 heavy (non-hydrogen) atoms. The Balaban J connectivity index is 1.54. The van der Waals surface area contributed by atoms with Gasteiger partial charge in [0, 0.05) is 31.7 Å². The normalized spacial score (nSPS) is 29.4. The molecule has 2 saturated heterocycles. The largest absolute Gasteiger partial charge is 0.486 e. The van der Waals surface area contributed by atoms with Crippen molar-refractivity contribution in [1.29, 1.82) is 0 Å². The third kappa shape index (κ3) is 3.00. The molecule has 3 heterocycles. The summed E-state index contributed by atoms with van der Waals surface area (Å²) in [4.78, 5) is 4.64. The summed E-state index contributed by atoms with van der Waals surface area (Å²) in [5.41, 5.74) is 1.15. The second kappa shape index (κ2) is 6.20. The molecule has 0 N–H and O–H groups in total. The molecule has 1 aromatic carbocycles. The summed E-state index contributed by atoms with van der Waals surface area (Å²) in [6.45, 7) is 6.77. The average molecular weight is 352 g/mol. The lowest BCUT2D eigenvalue weighted by Gasteiger charge is -2.43. The van der Waals surface area contributed by atoms with Crippen LogP contribution in [0.25, 0.3) is 0 Å². The Kier molecular flexibility index (Phi) is 4.18. The molecule has 2 atom stereocenters. The number of hydrogen-bond acceptors (Lipinski definition) is 6. The van der Waals surface area contributed by atoms with Gasteiger partial charge in [0.1, 0.15) is 13.2 Å². The highest BCUT2D eigenvalue weighted by molar-refractivity contribution is 7.91. The number of rotatable bonds is 3. The molecule has 3 aliphatic rings. The molecule has 2 fully saturated rings. The predicted octanol–water partition coefficient (Wildman–Crippen LogP) is 0.761. The highest BCUT2D eigenvalue weighted by Gasteiger charge is 2.45. The molecule has 132 valence electrons. The summed E-state index contributed by atoms with van der Waals surface area (Å²) in [7, 11) is -2.94. The van der Waals surface area contributed by atoms with E-state index in [1.807, 2.05) is 12.1 Å². The Morgan fingerprint density at radius 1 is 1.04 bits per heavy atom. The third-order valence-corrected chi connectivity index (χ3v) is 7.00. The summed E-state index contributed by atoms with van der Waals surface area (Å²) in [6, 6.07) is 6.26. The molecule has 0 aromatic heterocycles. The van der Waals surface area contributed by atoms with Gasteiger partial charge in [-0.05, 0) is 24.2 Å². The van der Waals surface area contributed by atoms with E-state index in [0.717, 1.165) is 43.2 Å². The number of benzene rings is 1. The van der Waals surface area contributed by atoms with Crippen molar-refractivity contribution in [3.8, 4) is 11.5 Å². The monoisotopic (exact) mass is 352 g/mol. The van der Waals surface area contributed by atoms with E-state index in [9.17, 15) is 8.42 Å². The Hall–Kier alpha value is -1.31. The number of piperazine rings is 1. The number of hydrogen-bond donors (Lipinski definition) is 0. The lowest BCUT2D eigenvalue weighted by atomic mass is 10.0. The molecule has 0 spiro atoms. The summed E-state index contributed by atoms with van der Waals surface area (Å²) in [6.07, 6.45) is 0. The van der Waals surface area contributed by atoms with Crippen LogP contribution < -0.4 is 9.47 Å². The Morgan fingerprint density at radius 2 is 1.71 bits per heavy atom. The van der Waals surface area contributed by atoms with Crippen LogP contribution in [0.2, 0.25) is 0 Å². The quantitative estimate of drug-likeness (QED) is 0.801. The first-order valence-electron chi connectivity index (χ1n) is 8.63. The molecular weight excluding hydrogens is 328 g/mol. The molecule has 0 unspecified atom stereocenters. The standard InChI is InChI=1S/C17H24N2O4S/c1-2-18-5-6-19(15-12-24(20,21)11-14(15)18)10-13-3-4-16-17(9-13)23-8-7-22-16/h3-4,9,14-15H,2,5-8,10-12H2,1H3/t14-,15+/m0/s1. The number of sulfone groups is 1. The van der Waals surface area contributed by atoms with E-state index >= 15 is 0 Å². The van der Waals surface area contributed by atoms with E-state index in [1.165, 1.54) is 0 Å². The van der Waals surface area contributed by atoms with Crippen molar-refractivity contribution >= 4 is 9.84 Å². The van der Waals surface area contributed by atoms with E-state index in [0.29, 0.717) is 19.0 Å². The van der Waals surface area contributed by atoms with E-state index in [-0.39, 0.29) is 17.8 Å². The number of nitrogens with zero attached hydrogens (tertiary/aromatic N) is 2. The molecule has 3 aliphatic heterocycles. The minimum Gasteiger partial charge on any atom is -0.486 e. The van der Waals surface area contributed by atoms with Gasteiger partial charge < -0.3 is 9.47 Å². The molecule has 0 aliphatic carbocycles. The van der Waals surface area contributed by atoms with Gasteiger partial charge in [-0.3, -0.25) is 9.80 Å². The Morgan fingerprint density at radius 3 is 2.46 bits per heavy atom. The molecule has 0 radical (unpaired) electrons. The van der Waals surface area contributed by atoms with Gasteiger partial charge in [0.2, 0.25) is 0 Å². The minimum atomic E-state index is -2.94. The van der Waals surface area contributed by atoms with E-state index in [4.69, 9.17) is 9.47 Å². The molecule has 4 rings (SSSR count). The second-order valence-corrected chi connectivity index (χ2v) is 8.94. The smallest absolute Gasteiger partial charge is 0.161 e. The zero-order valence-corrected chi connectivity index (χ0v) is 14.8. The summed E-state index contributed by atoms with van der Waals surface area (Å²) < 4.78 is 35.5. The molecular formula is C17H24N2O4S. The summed E-state index contributed by atoms with van der Waals surface area (Å²) in [5, 5.41) is 0. The summed E-state index contributed by atoms with van der Waals surface area (Å²) in [5.74, 6) is 2.16. The van der Waals surface area contributed by atoms with Gasteiger partial charge in [-0.2, -0.15) is 0 Å². The molecule has 0 amide bonds. The SMILES string of the molecule is CCN1CCN(Cc2ccc3c(c2)OCCO3)[C@@H]2CS(=O)(=O)C[C@@H]21. The highest BCUT2D eigenvalue weighted by Crippen LogP contribution is 2.33. The van der Waals surface area contributed by atoms with E-state index in [1.54, 1.807) is 0 Å². The molecule has 7 heteroatoms. The van der Waals surface area contributed by atoms with Crippen molar-refractivity contribution in [3.63, 3.8) is 0 Å². The van der Waals surface area contributed by atoms with Crippen LogP contribution in [0, 0.1) is 0 Å². The van der Waals surface area contributed by atoms with Crippen LogP contribution in [0.5, 0.6) is 11.5 Å². The first-order chi connectivity index (χ1) is 11.6. The van der Waals surface area contributed by atoms with Crippen molar-refractivity contribution in [2.45, 2.75) is 25.6 Å². The first kappa shape index (κ1) is 16.2. The van der Waals surface area contributed by atoms with Crippen LogP contribution in [0.4, 0.5) is 0 Å². The van der Waals surface area contributed by atoms with Crippen LogP contribution in [0.15, 0.2) is 18.2 Å². The average Bonchev–Trinajstić information content (AvgIpc) is 2.90. The van der Waals surface area contributed by atoms with Crippen molar-refractivity contribution < 1.29 is 17.9 Å². The highest BCUT2D eigenvalue weighted by atomic mass is 32.2. The molecule has 0 bridgehead atoms. The van der Waals surface area contributed by atoms with Crippen LogP contribution in [0.1, 0.15) is 12.5 Å². The van der Waals surface area contributed by atoms with Gasteiger partial charge in [0.05, 0.1) is 11.5 Å². The van der Waals surface area contributed by atoms with Gasteiger partial charge in [0.25, 0.3) is 0 Å². The van der Waals surface area contributed by atoms with Crippen molar-refractivity contribution in [2.24, 2.45) is 0 Å². The Labute approximate surface area is 143 Å². The maximum Gasteiger partial charge on any atom is 0.161 e. The van der Waals surface area contributed by atoms with Crippen molar-refractivity contribution in [3.05, 3.63) is 23.8 Å². The molecule has 1 aromatic rings. The molecule has 0 saturated carbocycles. The predicted molar refractivity (Wildman–Crippen MR) is 91.3 cm³/mol. The van der Waals surface area contributed by atoms with E-state index < -0.39 is 9.84 Å². The number of ether oxygens (including phenoxy) is 2. The van der Waals surface area contributed by atoms with Crippen LogP contribution in [-0.2, 0) is 16.4 Å². The van der Waals surface area contributed by atoms with Crippen molar-refractivity contribution in [1.82, 2.24) is 9.80 Å². The molecule has 6 nitrogen and oxygen atoms in total. The van der Waals surface area contributed by atoms with Gasteiger partial charge in [-0.1, -0.05) is 13.0 Å². The topological polar surface area (TPSA) is 59.1 Å². The lowest BCUT2D eigenvalue weighted by molar-refractivity contribution is 0.0438. The summed E-state index contributed by atoms with van der Waals surface area (Å²) >= 11 is 0. The van der Waals surface area contributed by atoms with Gasteiger partial charge in [-0.25, -0.2) is 8.42 Å². The second-order valence-electron chi connectivity index (χ2n) is 6.79. The minimum absolute atomic E-state index is 0.0944. The fourth-order valence-electron chi connectivity index (χ4n) is 4.11. The fraction of sp³-hybridized carbons (Fsp3) is 0.647. The van der Waals surface area contributed by atoms with Gasteiger partial charge in [0.15, 0.2) is 21.3 Å². The van der Waals surface area contributed by atoms with Gasteiger partial charge >= 0.3 is 0 Å². The zero-order valence-electron chi connectivity index (χ0n) is 14.0. The first-order valence-corrected chi connectivity index (χ1v) is 10.4. The lowest BCUT2D eigenvalue weighted by Crippen LogP contribution is -2.58.